The molecule has 0 radical (unpaired) electrons. The van der Waals surface area contributed by atoms with Gasteiger partial charge in [-0.2, -0.15) is 5.26 Å². The lowest BCUT2D eigenvalue weighted by Gasteiger charge is -2.14. The maximum absolute atomic E-state index is 9.51. The Morgan fingerprint density at radius 3 is 2.66 bits per heavy atom. The van der Waals surface area contributed by atoms with E-state index in [-0.39, 0.29) is 13.2 Å². The first-order valence-electron chi connectivity index (χ1n) is 10.5. The Balaban J connectivity index is 1.52. The molecular formula is C24H22N6O2. The van der Waals surface area contributed by atoms with Crippen LogP contribution in [0.4, 0.5) is 11.6 Å². The van der Waals surface area contributed by atoms with Gasteiger partial charge in [0.1, 0.15) is 11.6 Å². The normalized spacial score (nSPS) is 13.4. The molecule has 0 amide bonds. The Morgan fingerprint density at radius 2 is 1.91 bits per heavy atom. The van der Waals surface area contributed by atoms with E-state index in [0.29, 0.717) is 23.1 Å². The van der Waals surface area contributed by atoms with Gasteiger partial charge in [-0.05, 0) is 60.7 Å². The highest BCUT2D eigenvalue weighted by Gasteiger charge is 2.25. The first kappa shape index (κ1) is 20.1. The number of benzene rings is 1. The number of fused-ring (bicyclic) bond motifs is 1. The van der Waals surface area contributed by atoms with Gasteiger partial charge in [0.2, 0.25) is 0 Å². The third-order valence-corrected chi connectivity index (χ3v) is 5.73. The zero-order valence-electron chi connectivity index (χ0n) is 17.3. The molecule has 3 heterocycles. The van der Waals surface area contributed by atoms with Crippen LogP contribution in [-0.4, -0.2) is 42.9 Å². The van der Waals surface area contributed by atoms with Gasteiger partial charge in [0, 0.05) is 11.8 Å². The zero-order valence-corrected chi connectivity index (χ0v) is 17.3. The van der Waals surface area contributed by atoms with E-state index in [1.165, 1.54) is 5.56 Å². The Morgan fingerprint density at radius 1 is 1.06 bits per heavy atom. The fourth-order valence-corrected chi connectivity index (χ4v) is 3.83. The monoisotopic (exact) mass is 426 g/mol. The van der Waals surface area contributed by atoms with Crippen LogP contribution >= 0.6 is 0 Å². The Kier molecular flexibility index (Phi) is 5.27. The Hall–Kier alpha value is -3.80. The van der Waals surface area contributed by atoms with Gasteiger partial charge in [-0.1, -0.05) is 6.07 Å². The van der Waals surface area contributed by atoms with Gasteiger partial charge in [-0.3, -0.25) is 0 Å². The fraction of sp³-hybridized carbons (Fsp3) is 0.250. The number of anilines is 2. The molecule has 4 aromatic rings. The average molecular weight is 426 g/mol. The van der Waals surface area contributed by atoms with E-state index in [9.17, 15) is 10.2 Å². The minimum atomic E-state index is -0.422. The number of aliphatic hydroxyl groups is 2. The average Bonchev–Trinajstić information content (AvgIpc) is 3.60. The van der Waals surface area contributed by atoms with Crippen molar-refractivity contribution in [2.24, 2.45) is 0 Å². The van der Waals surface area contributed by atoms with Crippen molar-refractivity contribution in [2.75, 3.05) is 18.5 Å². The highest BCUT2D eigenvalue weighted by molar-refractivity contribution is 5.82. The molecule has 0 spiro atoms. The summed E-state index contributed by atoms with van der Waals surface area (Å²) in [5.41, 5.74) is 5.12. The van der Waals surface area contributed by atoms with Gasteiger partial charge in [-0.25, -0.2) is 15.0 Å². The van der Waals surface area contributed by atoms with Crippen molar-refractivity contribution in [3.05, 3.63) is 66.1 Å². The first-order chi connectivity index (χ1) is 15.7. The smallest absolute Gasteiger partial charge is 0.132 e. The second kappa shape index (κ2) is 8.38. The first-order valence-corrected chi connectivity index (χ1v) is 10.5. The summed E-state index contributed by atoms with van der Waals surface area (Å²) in [6.45, 7) is -0.324. The third kappa shape index (κ3) is 3.91. The lowest BCUT2D eigenvalue weighted by molar-refractivity contribution is 0.157. The molecule has 0 unspecified atom stereocenters. The van der Waals surface area contributed by atoms with Crippen LogP contribution in [0, 0.1) is 11.3 Å². The predicted octanol–water partition coefficient (Wildman–Crippen LogP) is 3.51. The second-order valence-electron chi connectivity index (χ2n) is 7.99. The number of rotatable bonds is 7. The number of hydrogen-bond acceptors (Lipinski definition) is 7. The maximum Gasteiger partial charge on any atom is 0.132 e. The van der Waals surface area contributed by atoms with Gasteiger partial charge >= 0.3 is 0 Å². The molecule has 8 heteroatoms. The molecule has 0 bridgehead atoms. The molecule has 1 fully saturated rings. The molecule has 1 saturated carbocycles. The minimum Gasteiger partial charge on any atom is -0.394 e. The SMILES string of the molecule is N#Cc1ccnc(Nc2cc(C3CC3)cc(-c3ccc4c(c3)ncn4C(CO)CO)n2)c1. The molecule has 3 aromatic heterocycles. The topological polar surface area (TPSA) is 120 Å². The van der Waals surface area contributed by atoms with Crippen molar-refractivity contribution >= 4 is 22.7 Å². The summed E-state index contributed by atoms with van der Waals surface area (Å²) in [6.07, 6.45) is 5.57. The zero-order chi connectivity index (χ0) is 22.1. The third-order valence-electron chi connectivity index (χ3n) is 5.73. The summed E-state index contributed by atoms with van der Waals surface area (Å²) in [4.78, 5) is 13.6. The van der Waals surface area contributed by atoms with Gasteiger partial charge < -0.3 is 20.1 Å². The molecular weight excluding hydrogens is 404 g/mol. The molecule has 1 aliphatic rings. The van der Waals surface area contributed by atoms with Gasteiger partial charge in [-0.15, -0.1) is 0 Å². The van der Waals surface area contributed by atoms with Crippen molar-refractivity contribution in [3.8, 4) is 17.3 Å². The lowest BCUT2D eigenvalue weighted by atomic mass is 10.1. The van der Waals surface area contributed by atoms with E-state index in [1.54, 1.807) is 29.2 Å². The second-order valence-corrected chi connectivity index (χ2v) is 7.99. The van der Waals surface area contributed by atoms with Crippen molar-refractivity contribution < 1.29 is 10.2 Å². The van der Waals surface area contributed by atoms with Crippen LogP contribution in [0.3, 0.4) is 0 Å². The molecule has 8 nitrogen and oxygen atoms in total. The van der Waals surface area contributed by atoms with E-state index in [1.807, 2.05) is 24.3 Å². The van der Waals surface area contributed by atoms with Crippen LogP contribution in [-0.2, 0) is 0 Å². The van der Waals surface area contributed by atoms with Crippen LogP contribution in [0.2, 0.25) is 0 Å². The molecule has 1 aliphatic carbocycles. The van der Waals surface area contributed by atoms with Crippen LogP contribution in [0.15, 0.2) is 55.0 Å². The van der Waals surface area contributed by atoms with Crippen molar-refractivity contribution in [2.45, 2.75) is 24.8 Å². The number of imidazole rings is 1. The minimum absolute atomic E-state index is 0.162. The van der Waals surface area contributed by atoms with Gasteiger partial charge in [0.15, 0.2) is 0 Å². The summed E-state index contributed by atoms with van der Waals surface area (Å²) in [7, 11) is 0. The number of nitriles is 1. The number of pyridine rings is 2. The van der Waals surface area contributed by atoms with E-state index in [0.717, 1.165) is 35.1 Å². The molecule has 32 heavy (non-hydrogen) atoms. The lowest BCUT2D eigenvalue weighted by Crippen LogP contribution is -2.16. The standard InChI is InChI=1S/C24H22N6O2/c25-11-15-5-6-26-23(7-15)29-24-10-18(16-1-2-16)9-20(28-24)17-3-4-22-21(8-17)27-14-30(22)19(12-31)13-32/h3-10,14,16,19,31-32H,1-2,12-13H2,(H,26,28,29). The summed E-state index contributed by atoms with van der Waals surface area (Å²) < 4.78 is 1.79. The number of nitrogens with zero attached hydrogens (tertiary/aromatic N) is 5. The Bertz CT molecular complexity index is 1320. The molecule has 0 atom stereocenters. The molecule has 0 aliphatic heterocycles. The molecule has 1 aromatic carbocycles. The molecule has 3 N–H and O–H groups in total. The van der Waals surface area contributed by atoms with Gasteiger partial charge in [0.05, 0.1) is 53.9 Å². The maximum atomic E-state index is 9.51. The summed E-state index contributed by atoms with van der Waals surface area (Å²) in [5.74, 6) is 1.79. The van der Waals surface area contributed by atoms with Crippen molar-refractivity contribution in [1.29, 1.82) is 5.26 Å². The molecule has 160 valence electrons. The fourth-order valence-electron chi connectivity index (χ4n) is 3.83. The number of hydrogen-bond donors (Lipinski definition) is 3. The molecule has 0 saturated heterocycles. The van der Waals surface area contributed by atoms with Crippen LogP contribution in [0.5, 0.6) is 0 Å². The molecule has 5 rings (SSSR count). The Labute approximate surface area is 184 Å². The summed E-state index contributed by atoms with van der Waals surface area (Å²) >= 11 is 0. The van der Waals surface area contributed by atoms with Crippen molar-refractivity contribution in [1.82, 2.24) is 19.5 Å². The van der Waals surface area contributed by atoms with E-state index in [4.69, 9.17) is 10.2 Å². The highest BCUT2D eigenvalue weighted by atomic mass is 16.3. The largest absolute Gasteiger partial charge is 0.394 e. The van der Waals surface area contributed by atoms with Crippen LogP contribution in [0.25, 0.3) is 22.3 Å². The number of nitrogens with one attached hydrogen (secondary N) is 1. The number of aromatic nitrogens is 4. The van der Waals surface area contributed by atoms with E-state index < -0.39 is 6.04 Å². The van der Waals surface area contributed by atoms with Crippen LogP contribution < -0.4 is 5.32 Å². The van der Waals surface area contributed by atoms with E-state index in [2.05, 4.69) is 27.4 Å². The van der Waals surface area contributed by atoms with Crippen molar-refractivity contribution in [3.63, 3.8) is 0 Å². The number of aliphatic hydroxyl groups excluding tert-OH is 2. The van der Waals surface area contributed by atoms with Crippen LogP contribution in [0.1, 0.15) is 35.9 Å². The quantitative estimate of drug-likeness (QED) is 0.414. The van der Waals surface area contributed by atoms with Gasteiger partial charge in [0.25, 0.3) is 0 Å². The summed E-state index contributed by atoms with van der Waals surface area (Å²) in [5, 5.41) is 31.4. The van der Waals surface area contributed by atoms with E-state index >= 15 is 0 Å². The highest BCUT2D eigenvalue weighted by Crippen LogP contribution is 2.42. The summed E-state index contributed by atoms with van der Waals surface area (Å²) in [6, 6.07) is 15.1. The predicted molar refractivity (Wildman–Crippen MR) is 120 cm³/mol.